The molecule has 0 aliphatic carbocycles. The molecule has 2 heterocycles. The zero-order chi connectivity index (χ0) is 21.5. The van der Waals surface area contributed by atoms with Crippen LogP contribution < -0.4 is 16.0 Å². The molecule has 0 unspecified atom stereocenters. The lowest BCUT2D eigenvalue weighted by atomic mass is 10.1. The van der Waals surface area contributed by atoms with Crippen LogP contribution in [0.25, 0.3) is 11.3 Å². The average Bonchev–Trinajstić information content (AvgIpc) is 3.12. The summed E-state index contributed by atoms with van der Waals surface area (Å²) in [6.07, 6.45) is 1.99. The predicted octanol–water partition coefficient (Wildman–Crippen LogP) is 2.33. The first-order chi connectivity index (χ1) is 14.5. The van der Waals surface area contributed by atoms with Gasteiger partial charge in [0.1, 0.15) is 17.5 Å². The van der Waals surface area contributed by atoms with Crippen LogP contribution in [0, 0.1) is 17.1 Å². The fraction of sp³-hybridized carbons (Fsp3) is 0.238. The van der Waals surface area contributed by atoms with Crippen molar-refractivity contribution >= 4 is 17.5 Å². The van der Waals surface area contributed by atoms with E-state index in [0.717, 1.165) is 11.1 Å². The Hall–Kier alpha value is -3.77. The van der Waals surface area contributed by atoms with Gasteiger partial charge in [-0.15, -0.1) is 0 Å². The van der Waals surface area contributed by atoms with Crippen LogP contribution in [0.3, 0.4) is 0 Å². The molecule has 8 nitrogen and oxygen atoms in total. The molecular weight excluding hydrogens is 385 g/mol. The molecule has 3 N–H and O–H groups in total. The van der Waals surface area contributed by atoms with E-state index in [-0.39, 0.29) is 18.3 Å². The normalized spacial score (nSPS) is 11.5. The number of nitrogens with zero attached hydrogens (tertiary/aromatic N) is 4. The second kappa shape index (κ2) is 9.62. The Balaban J connectivity index is 1.77. The standard InChI is InChI=1S/C21H22FN7O/c1-24-19-12-15(7-9-26-19)17-13-20(29(2)28-17)27-21(30)18(25-10-8-23)11-14-3-5-16(22)6-4-14/h3-7,9,12-13,18,25H,10-11H2,1-2H3,(H,24,26)(H,27,30)/t18-/m0/s1. The Bertz CT molecular complexity index is 1060. The summed E-state index contributed by atoms with van der Waals surface area (Å²) < 4.78 is 14.7. The minimum atomic E-state index is -0.662. The van der Waals surface area contributed by atoms with E-state index in [0.29, 0.717) is 23.8 Å². The number of aromatic nitrogens is 3. The van der Waals surface area contributed by atoms with Crippen LogP contribution in [0.1, 0.15) is 5.56 Å². The second-order valence-corrected chi connectivity index (χ2v) is 6.63. The van der Waals surface area contributed by atoms with Crippen molar-refractivity contribution in [1.82, 2.24) is 20.1 Å². The molecule has 1 amide bonds. The highest BCUT2D eigenvalue weighted by molar-refractivity contribution is 5.94. The van der Waals surface area contributed by atoms with Gasteiger partial charge in [-0.1, -0.05) is 12.1 Å². The molecule has 9 heteroatoms. The van der Waals surface area contributed by atoms with Gasteiger partial charge >= 0.3 is 0 Å². The van der Waals surface area contributed by atoms with Gasteiger partial charge in [0, 0.05) is 31.9 Å². The van der Waals surface area contributed by atoms with E-state index in [2.05, 4.69) is 26.0 Å². The number of hydrogen-bond donors (Lipinski definition) is 3. The van der Waals surface area contributed by atoms with E-state index in [4.69, 9.17) is 5.26 Å². The number of aryl methyl sites for hydroxylation is 1. The number of hydrogen-bond acceptors (Lipinski definition) is 6. The molecule has 0 aliphatic heterocycles. The van der Waals surface area contributed by atoms with E-state index < -0.39 is 6.04 Å². The number of nitrogens with one attached hydrogen (secondary N) is 3. The number of carbonyl (C=O) groups is 1. The summed E-state index contributed by atoms with van der Waals surface area (Å²) in [6, 6.07) is 12.7. The monoisotopic (exact) mass is 407 g/mol. The fourth-order valence-electron chi connectivity index (χ4n) is 2.95. The molecule has 1 aromatic carbocycles. The third kappa shape index (κ3) is 5.18. The Morgan fingerprint density at radius 1 is 1.27 bits per heavy atom. The SMILES string of the molecule is CNc1cc(-c2cc(NC(=O)[C@H](Cc3ccc(F)cc3)NCC#N)n(C)n2)ccn1. The number of pyridine rings is 1. The Kier molecular flexibility index (Phi) is 6.72. The summed E-state index contributed by atoms with van der Waals surface area (Å²) in [5.74, 6) is 0.573. The van der Waals surface area contributed by atoms with Gasteiger partial charge in [-0.05, 0) is 36.2 Å². The van der Waals surface area contributed by atoms with E-state index in [1.54, 1.807) is 43.2 Å². The summed E-state index contributed by atoms with van der Waals surface area (Å²) in [4.78, 5) is 17.1. The maximum Gasteiger partial charge on any atom is 0.243 e. The van der Waals surface area contributed by atoms with Gasteiger partial charge in [0.2, 0.25) is 5.91 Å². The second-order valence-electron chi connectivity index (χ2n) is 6.63. The molecule has 0 saturated heterocycles. The average molecular weight is 407 g/mol. The fourth-order valence-corrected chi connectivity index (χ4v) is 2.95. The van der Waals surface area contributed by atoms with Gasteiger partial charge in [-0.3, -0.25) is 14.8 Å². The molecule has 0 spiro atoms. The van der Waals surface area contributed by atoms with Crippen molar-refractivity contribution in [2.75, 3.05) is 24.2 Å². The molecule has 3 aromatic rings. The summed E-state index contributed by atoms with van der Waals surface area (Å²) >= 11 is 0. The Morgan fingerprint density at radius 2 is 2.03 bits per heavy atom. The quantitative estimate of drug-likeness (QED) is 0.495. The van der Waals surface area contributed by atoms with E-state index in [9.17, 15) is 9.18 Å². The lowest BCUT2D eigenvalue weighted by Crippen LogP contribution is -2.42. The molecule has 30 heavy (non-hydrogen) atoms. The summed E-state index contributed by atoms with van der Waals surface area (Å²) in [5, 5.41) is 22.1. The van der Waals surface area contributed by atoms with Crippen molar-refractivity contribution in [2.24, 2.45) is 7.05 Å². The Labute approximate surface area is 173 Å². The van der Waals surface area contributed by atoms with Gasteiger partial charge < -0.3 is 10.6 Å². The number of carbonyl (C=O) groups excluding carboxylic acids is 1. The van der Waals surface area contributed by atoms with Crippen molar-refractivity contribution in [3.8, 4) is 17.3 Å². The van der Waals surface area contributed by atoms with Crippen LogP contribution in [0.15, 0.2) is 48.7 Å². The number of amides is 1. The van der Waals surface area contributed by atoms with Crippen molar-refractivity contribution < 1.29 is 9.18 Å². The van der Waals surface area contributed by atoms with Crippen LogP contribution in [0.2, 0.25) is 0 Å². The molecule has 0 radical (unpaired) electrons. The van der Waals surface area contributed by atoms with E-state index >= 15 is 0 Å². The molecule has 1 atom stereocenters. The Morgan fingerprint density at radius 3 is 2.73 bits per heavy atom. The zero-order valence-electron chi connectivity index (χ0n) is 16.7. The molecule has 0 fully saturated rings. The minimum Gasteiger partial charge on any atom is -0.373 e. The highest BCUT2D eigenvalue weighted by Gasteiger charge is 2.20. The molecule has 0 aliphatic rings. The number of anilines is 2. The molecule has 154 valence electrons. The molecule has 0 saturated carbocycles. The maximum atomic E-state index is 13.2. The third-order valence-corrected chi connectivity index (χ3v) is 4.54. The molecular formula is C21H22FN7O. The first-order valence-corrected chi connectivity index (χ1v) is 9.34. The largest absolute Gasteiger partial charge is 0.373 e. The highest BCUT2D eigenvalue weighted by atomic mass is 19.1. The van der Waals surface area contributed by atoms with Gasteiger partial charge in [-0.2, -0.15) is 10.4 Å². The summed E-state index contributed by atoms with van der Waals surface area (Å²) in [7, 11) is 3.52. The summed E-state index contributed by atoms with van der Waals surface area (Å²) in [6.45, 7) is 0.0136. The van der Waals surface area contributed by atoms with Crippen molar-refractivity contribution in [1.29, 1.82) is 5.26 Å². The number of benzene rings is 1. The van der Waals surface area contributed by atoms with Crippen LogP contribution in [-0.4, -0.2) is 40.3 Å². The molecule has 0 bridgehead atoms. The lowest BCUT2D eigenvalue weighted by molar-refractivity contribution is -0.118. The van der Waals surface area contributed by atoms with Gasteiger partial charge in [0.05, 0.1) is 24.3 Å². The number of rotatable bonds is 8. The van der Waals surface area contributed by atoms with Crippen molar-refractivity contribution in [3.05, 3.63) is 60.0 Å². The van der Waals surface area contributed by atoms with E-state index in [1.165, 1.54) is 12.1 Å². The van der Waals surface area contributed by atoms with Gasteiger partial charge in [0.25, 0.3) is 0 Å². The van der Waals surface area contributed by atoms with Crippen LogP contribution >= 0.6 is 0 Å². The van der Waals surface area contributed by atoms with Crippen LogP contribution in [0.5, 0.6) is 0 Å². The van der Waals surface area contributed by atoms with Crippen LogP contribution in [0.4, 0.5) is 16.0 Å². The number of nitriles is 1. The highest BCUT2D eigenvalue weighted by Crippen LogP contribution is 2.23. The van der Waals surface area contributed by atoms with E-state index in [1.807, 2.05) is 18.2 Å². The van der Waals surface area contributed by atoms with Gasteiger partial charge in [-0.25, -0.2) is 9.37 Å². The maximum absolute atomic E-state index is 13.2. The summed E-state index contributed by atoms with van der Waals surface area (Å²) in [5.41, 5.74) is 2.33. The predicted molar refractivity (Wildman–Crippen MR) is 112 cm³/mol. The van der Waals surface area contributed by atoms with Gasteiger partial charge in [0.15, 0.2) is 0 Å². The topological polar surface area (TPSA) is 108 Å². The molecule has 2 aromatic heterocycles. The smallest absolute Gasteiger partial charge is 0.243 e. The zero-order valence-corrected chi connectivity index (χ0v) is 16.7. The lowest BCUT2D eigenvalue weighted by Gasteiger charge is -2.17. The van der Waals surface area contributed by atoms with Crippen LogP contribution in [-0.2, 0) is 18.3 Å². The third-order valence-electron chi connectivity index (χ3n) is 4.54. The van der Waals surface area contributed by atoms with Crippen molar-refractivity contribution in [3.63, 3.8) is 0 Å². The first-order valence-electron chi connectivity index (χ1n) is 9.34. The minimum absolute atomic E-state index is 0.0136. The molecule has 3 rings (SSSR count). The first kappa shape index (κ1) is 21.0. The van der Waals surface area contributed by atoms with Crippen molar-refractivity contribution in [2.45, 2.75) is 12.5 Å². The number of halogens is 1.